The van der Waals surface area contributed by atoms with E-state index in [1.807, 2.05) is 6.92 Å². The molecule has 3 heterocycles. The average Bonchev–Trinajstić information content (AvgIpc) is 2.90. The number of anilines is 1. The number of aromatic amines is 1. The summed E-state index contributed by atoms with van der Waals surface area (Å²) in [6, 6.07) is 0. The third-order valence-electron chi connectivity index (χ3n) is 3.69. The highest BCUT2D eigenvalue weighted by Crippen LogP contribution is 2.36. The second-order valence-corrected chi connectivity index (χ2v) is 6.32. The fraction of sp³-hybridized carbons (Fsp3) is 0.583. The van der Waals surface area contributed by atoms with E-state index in [1.54, 1.807) is 6.92 Å². The molecule has 9 heteroatoms. The van der Waals surface area contributed by atoms with E-state index in [0.717, 1.165) is 11.3 Å². The molecule has 0 saturated carbocycles. The maximum absolute atomic E-state index is 12.2. The number of hydrogen-bond donors (Lipinski definition) is 3. The van der Waals surface area contributed by atoms with E-state index in [1.165, 1.54) is 4.57 Å². The number of nitrogens with one attached hydrogen (secondary N) is 1. The molecule has 1 aliphatic rings. The molecule has 0 aromatic carbocycles. The van der Waals surface area contributed by atoms with Crippen LogP contribution in [0.1, 0.15) is 26.5 Å². The van der Waals surface area contributed by atoms with Crippen molar-refractivity contribution in [2.45, 2.75) is 38.7 Å². The van der Waals surface area contributed by atoms with Crippen molar-refractivity contribution < 1.29 is 9.84 Å². The Morgan fingerprint density at radius 2 is 2.29 bits per heavy atom. The summed E-state index contributed by atoms with van der Waals surface area (Å²) in [5, 5.41) is 9.66. The lowest BCUT2D eigenvalue weighted by Gasteiger charge is -2.18. The summed E-state index contributed by atoms with van der Waals surface area (Å²) in [5.41, 5.74) is 5.35. The normalized spacial score (nSPS) is 27.3. The van der Waals surface area contributed by atoms with Crippen molar-refractivity contribution in [1.82, 2.24) is 14.5 Å². The zero-order chi connectivity index (χ0) is 15.3. The third-order valence-corrected chi connectivity index (χ3v) is 4.63. The number of rotatable bonds is 2. The highest BCUT2D eigenvalue weighted by molar-refractivity contribution is 7.16. The van der Waals surface area contributed by atoms with Gasteiger partial charge in [0.05, 0.1) is 12.2 Å². The molecule has 0 amide bonds. The minimum atomic E-state index is -0.625. The summed E-state index contributed by atoms with van der Waals surface area (Å²) in [6.07, 6.45) is -0.893. The van der Waals surface area contributed by atoms with E-state index >= 15 is 0 Å². The first-order valence-corrected chi connectivity index (χ1v) is 7.44. The van der Waals surface area contributed by atoms with Crippen LogP contribution in [0.5, 0.6) is 0 Å². The number of thiazole rings is 1. The van der Waals surface area contributed by atoms with E-state index in [-0.39, 0.29) is 33.2 Å². The van der Waals surface area contributed by atoms with Gasteiger partial charge >= 0.3 is 4.87 Å². The van der Waals surface area contributed by atoms with Gasteiger partial charge in [-0.1, -0.05) is 18.3 Å². The Kier molecular flexibility index (Phi) is 3.34. The van der Waals surface area contributed by atoms with Gasteiger partial charge in [0.15, 0.2) is 5.65 Å². The van der Waals surface area contributed by atoms with Crippen LogP contribution < -0.4 is 16.2 Å². The summed E-state index contributed by atoms with van der Waals surface area (Å²) in [6.45, 7) is 3.58. The lowest BCUT2D eigenvalue weighted by atomic mass is 10.0. The number of aliphatic hydroxyl groups is 1. The van der Waals surface area contributed by atoms with Gasteiger partial charge in [0.1, 0.15) is 10.9 Å². The van der Waals surface area contributed by atoms with Gasteiger partial charge in [-0.3, -0.25) is 19.1 Å². The molecule has 0 spiro atoms. The zero-order valence-electron chi connectivity index (χ0n) is 11.6. The lowest BCUT2D eigenvalue weighted by Crippen LogP contribution is -2.26. The number of H-pyrrole nitrogens is 1. The van der Waals surface area contributed by atoms with Crippen LogP contribution in [-0.2, 0) is 4.74 Å². The Hall–Kier alpha value is -1.71. The van der Waals surface area contributed by atoms with Gasteiger partial charge in [0.25, 0.3) is 5.56 Å². The van der Waals surface area contributed by atoms with Gasteiger partial charge in [-0.05, 0) is 13.3 Å². The number of nitrogen functional groups attached to an aromatic ring is 1. The van der Waals surface area contributed by atoms with Crippen molar-refractivity contribution in [3.63, 3.8) is 0 Å². The highest BCUT2D eigenvalue weighted by atomic mass is 32.1. The van der Waals surface area contributed by atoms with Crippen LogP contribution in [0, 0.1) is 5.92 Å². The van der Waals surface area contributed by atoms with Crippen LogP contribution >= 0.6 is 11.3 Å². The quantitative estimate of drug-likeness (QED) is 0.719. The number of aliphatic hydroxyl groups excluding tert-OH is 1. The van der Waals surface area contributed by atoms with Crippen LogP contribution in [0.3, 0.4) is 0 Å². The maximum Gasteiger partial charge on any atom is 0.311 e. The predicted molar refractivity (Wildman–Crippen MR) is 78.3 cm³/mol. The van der Waals surface area contributed by atoms with E-state index in [2.05, 4.69) is 9.97 Å². The van der Waals surface area contributed by atoms with E-state index in [0.29, 0.717) is 6.42 Å². The van der Waals surface area contributed by atoms with E-state index in [9.17, 15) is 14.7 Å². The molecular weight excluding hydrogens is 296 g/mol. The Morgan fingerprint density at radius 3 is 2.90 bits per heavy atom. The topological polar surface area (TPSA) is 123 Å². The molecule has 1 fully saturated rings. The summed E-state index contributed by atoms with van der Waals surface area (Å²) in [4.78, 5) is 30.2. The molecule has 114 valence electrons. The summed E-state index contributed by atoms with van der Waals surface area (Å²) >= 11 is 0.816. The van der Waals surface area contributed by atoms with Crippen molar-refractivity contribution in [1.29, 1.82) is 0 Å². The van der Waals surface area contributed by atoms with Crippen molar-refractivity contribution in [2.75, 3.05) is 5.73 Å². The smallest absolute Gasteiger partial charge is 0.311 e. The molecule has 1 saturated heterocycles. The SMILES string of the molecule is CC(O)C1CC(C)C(n2c(=O)sc3c(=O)[nH]c(N)nc32)O1. The summed E-state index contributed by atoms with van der Waals surface area (Å²) in [5.74, 6) is -0.0285. The second-order valence-electron chi connectivity index (χ2n) is 5.36. The number of hydrogen-bond acceptors (Lipinski definition) is 7. The number of ether oxygens (including phenoxy) is 1. The van der Waals surface area contributed by atoms with Crippen LogP contribution in [0.4, 0.5) is 5.95 Å². The second kappa shape index (κ2) is 4.93. The molecule has 2 aromatic heterocycles. The average molecular weight is 312 g/mol. The minimum absolute atomic E-state index is 0.0161. The van der Waals surface area contributed by atoms with Gasteiger partial charge in [0.2, 0.25) is 5.95 Å². The Morgan fingerprint density at radius 1 is 1.57 bits per heavy atom. The largest absolute Gasteiger partial charge is 0.391 e. The number of nitrogens with two attached hydrogens (primary N) is 1. The Bertz CT molecular complexity index is 793. The van der Waals surface area contributed by atoms with Crippen molar-refractivity contribution in [2.24, 2.45) is 5.92 Å². The molecule has 21 heavy (non-hydrogen) atoms. The lowest BCUT2D eigenvalue weighted by molar-refractivity contribution is -0.0579. The summed E-state index contributed by atoms with van der Waals surface area (Å²) in [7, 11) is 0. The zero-order valence-corrected chi connectivity index (χ0v) is 12.4. The molecule has 3 rings (SSSR count). The summed E-state index contributed by atoms with van der Waals surface area (Å²) < 4.78 is 7.36. The molecule has 8 nitrogen and oxygen atoms in total. The van der Waals surface area contributed by atoms with Gasteiger partial charge in [0, 0.05) is 5.92 Å². The van der Waals surface area contributed by atoms with Crippen molar-refractivity contribution in [3.05, 3.63) is 20.0 Å². The van der Waals surface area contributed by atoms with Crippen LogP contribution in [-0.4, -0.2) is 31.8 Å². The highest BCUT2D eigenvalue weighted by Gasteiger charge is 2.37. The first-order chi connectivity index (χ1) is 9.88. The van der Waals surface area contributed by atoms with Crippen molar-refractivity contribution >= 4 is 27.6 Å². The van der Waals surface area contributed by atoms with E-state index in [4.69, 9.17) is 10.5 Å². The van der Waals surface area contributed by atoms with Gasteiger partial charge in [-0.25, -0.2) is 0 Å². The van der Waals surface area contributed by atoms with Crippen LogP contribution in [0.25, 0.3) is 10.3 Å². The maximum atomic E-state index is 12.2. The molecule has 0 radical (unpaired) electrons. The fourth-order valence-electron chi connectivity index (χ4n) is 2.65. The molecule has 4 N–H and O–H groups in total. The van der Waals surface area contributed by atoms with Gasteiger partial charge in [-0.2, -0.15) is 4.98 Å². The fourth-order valence-corrected chi connectivity index (χ4v) is 3.49. The number of fused-ring (bicyclic) bond motifs is 1. The predicted octanol–water partition coefficient (Wildman–Crippen LogP) is 0.0329. The van der Waals surface area contributed by atoms with Crippen LogP contribution in [0.15, 0.2) is 9.59 Å². The molecule has 4 atom stereocenters. The number of nitrogens with zero attached hydrogens (tertiary/aromatic N) is 2. The van der Waals surface area contributed by atoms with Crippen LogP contribution in [0.2, 0.25) is 0 Å². The Balaban J connectivity index is 2.15. The standard InChI is InChI=1S/C12H16N4O4S/c1-4-3-6(5(2)17)20-10(4)16-8-7(21-12(16)19)9(18)15-11(13)14-8/h4-6,10,17H,3H2,1-2H3,(H3,13,14,15,18). The third kappa shape index (κ3) is 2.27. The van der Waals surface area contributed by atoms with Gasteiger partial charge < -0.3 is 15.6 Å². The first-order valence-electron chi connectivity index (χ1n) is 6.63. The van der Waals surface area contributed by atoms with E-state index < -0.39 is 17.9 Å². The first kappa shape index (κ1) is 14.2. The Labute approximate surface area is 123 Å². The van der Waals surface area contributed by atoms with Crippen molar-refractivity contribution in [3.8, 4) is 0 Å². The molecule has 4 unspecified atom stereocenters. The molecule has 0 bridgehead atoms. The molecule has 1 aliphatic heterocycles. The molecule has 2 aromatic rings. The number of aromatic nitrogens is 3. The van der Waals surface area contributed by atoms with Gasteiger partial charge in [-0.15, -0.1) is 0 Å². The molecular formula is C12H16N4O4S. The molecule has 0 aliphatic carbocycles. The minimum Gasteiger partial charge on any atom is -0.391 e. The monoisotopic (exact) mass is 312 g/mol.